The van der Waals surface area contributed by atoms with E-state index in [4.69, 9.17) is 14.2 Å². The number of carbonyl (C=O) groups excluding carboxylic acids is 2. The van der Waals surface area contributed by atoms with Crippen molar-refractivity contribution in [1.29, 1.82) is 0 Å². The van der Waals surface area contributed by atoms with Crippen LogP contribution >= 0.6 is 0 Å². The van der Waals surface area contributed by atoms with E-state index >= 15 is 0 Å². The molecule has 0 radical (unpaired) electrons. The molecule has 0 aromatic heterocycles. The largest absolute Gasteiger partial charge is 0.497 e. The fraction of sp³-hybridized carbons (Fsp3) is 0.364. The summed E-state index contributed by atoms with van der Waals surface area (Å²) in [7, 11) is 1.63. The molecule has 3 rings (SSSR count). The van der Waals surface area contributed by atoms with Gasteiger partial charge in [-0.15, -0.1) is 0 Å². The van der Waals surface area contributed by atoms with Crippen LogP contribution in [0.4, 0.5) is 0 Å². The van der Waals surface area contributed by atoms with Crippen LogP contribution in [0.25, 0.3) is 0 Å². The molecule has 1 amide bonds. The number of esters is 1. The second-order valence-corrected chi connectivity index (χ2v) is 6.63. The van der Waals surface area contributed by atoms with Gasteiger partial charge in [0.25, 0.3) is 5.91 Å². The van der Waals surface area contributed by atoms with Crippen LogP contribution in [0, 0.1) is 0 Å². The van der Waals surface area contributed by atoms with Crippen LogP contribution < -0.4 is 9.47 Å². The number of methoxy groups -OCH3 is 1. The van der Waals surface area contributed by atoms with Gasteiger partial charge in [-0.2, -0.15) is 0 Å². The van der Waals surface area contributed by atoms with Gasteiger partial charge in [-0.05, 0) is 61.7 Å². The zero-order valence-electron chi connectivity index (χ0n) is 16.2. The third-order valence-corrected chi connectivity index (χ3v) is 4.55. The van der Waals surface area contributed by atoms with E-state index in [1.54, 1.807) is 38.3 Å². The van der Waals surface area contributed by atoms with Gasteiger partial charge in [0.1, 0.15) is 11.5 Å². The SMILES string of the molecule is CCOC(=O)c1ccc(OCC(=O)N(Cc2ccc(OC)cc2)C2CC2)cc1. The molecule has 0 unspecified atom stereocenters. The van der Waals surface area contributed by atoms with Gasteiger partial charge in [-0.1, -0.05) is 12.1 Å². The van der Waals surface area contributed by atoms with Crippen molar-refractivity contribution in [1.82, 2.24) is 4.90 Å². The maximum absolute atomic E-state index is 12.7. The average molecular weight is 383 g/mol. The number of nitrogens with zero attached hydrogens (tertiary/aromatic N) is 1. The van der Waals surface area contributed by atoms with Gasteiger partial charge in [0.05, 0.1) is 19.3 Å². The topological polar surface area (TPSA) is 65.1 Å². The highest BCUT2D eigenvalue weighted by Crippen LogP contribution is 2.29. The number of carbonyl (C=O) groups is 2. The monoisotopic (exact) mass is 383 g/mol. The zero-order valence-corrected chi connectivity index (χ0v) is 16.2. The molecule has 1 aliphatic rings. The summed E-state index contributed by atoms with van der Waals surface area (Å²) in [5.41, 5.74) is 1.51. The van der Waals surface area contributed by atoms with Crippen LogP contribution in [-0.2, 0) is 16.1 Å². The summed E-state index contributed by atoms with van der Waals surface area (Å²) in [4.78, 5) is 26.2. The lowest BCUT2D eigenvalue weighted by Gasteiger charge is -2.23. The molecule has 0 spiro atoms. The number of rotatable bonds is 9. The van der Waals surface area contributed by atoms with E-state index in [1.807, 2.05) is 29.2 Å². The quantitative estimate of drug-likeness (QED) is 0.621. The summed E-state index contributed by atoms with van der Waals surface area (Å²) in [6.45, 7) is 2.61. The maximum atomic E-state index is 12.7. The van der Waals surface area contributed by atoms with Gasteiger partial charge in [0.2, 0.25) is 0 Å². The smallest absolute Gasteiger partial charge is 0.338 e. The van der Waals surface area contributed by atoms with Crippen LogP contribution in [0.5, 0.6) is 11.5 Å². The van der Waals surface area contributed by atoms with Gasteiger partial charge in [0.15, 0.2) is 6.61 Å². The Hall–Kier alpha value is -3.02. The lowest BCUT2D eigenvalue weighted by atomic mass is 10.2. The Morgan fingerprint density at radius 1 is 1.00 bits per heavy atom. The van der Waals surface area contributed by atoms with E-state index < -0.39 is 0 Å². The van der Waals surface area contributed by atoms with E-state index in [2.05, 4.69) is 0 Å². The van der Waals surface area contributed by atoms with Gasteiger partial charge in [-0.3, -0.25) is 4.79 Å². The Morgan fingerprint density at radius 3 is 2.21 bits per heavy atom. The minimum atomic E-state index is -0.371. The summed E-state index contributed by atoms with van der Waals surface area (Å²) in [5, 5.41) is 0. The van der Waals surface area contributed by atoms with E-state index in [0.717, 1.165) is 24.2 Å². The molecule has 0 aliphatic heterocycles. The van der Waals surface area contributed by atoms with Gasteiger partial charge >= 0.3 is 5.97 Å². The first-order valence-corrected chi connectivity index (χ1v) is 9.43. The molecule has 0 N–H and O–H groups in total. The molecule has 1 saturated carbocycles. The molecule has 2 aromatic carbocycles. The van der Waals surface area contributed by atoms with Gasteiger partial charge in [-0.25, -0.2) is 4.79 Å². The highest BCUT2D eigenvalue weighted by atomic mass is 16.5. The predicted octanol–water partition coefficient (Wildman–Crippen LogP) is 3.44. The Labute approximate surface area is 165 Å². The predicted molar refractivity (Wildman–Crippen MR) is 104 cm³/mol. The summed E-state index contributed by atoms with van der Waals surface area (Å²) < 4.78 is 15.8. The van der Waals surface area contributed by atoms with E-state index in [0.29, 0.717) is 24.5 Å². The molecule has 1 aliphatic carbocycles. The first-order valence-electron chi connectivity index (χ1n) is 9.43. The summed E-state index contributed by atoms with van der Waals surface area (Å²) >= 11 is 0. The number of benzene rings is 2. The molecule has 1 fully saturated rings. The molecule has 0 atom stereocenters. The Kier molecular flexibility index (Phi) is 6.53. The van der Waals surface area contributed by atoms with Crippen molar-refractivity contribution in [2.75, 3.05) is 20.3 Å². The highest BCUT2D eigenvalue weighted by molar-refractivity contribution is 5.89. The van der Waals surface area contributed by atoms with Crippen LogP contribution in [0.2, 0.25) is 0 Å². The van der Waals surface area contributed by atoms with Crippen LogP contribution in [0.1, 0.15) is 35.7 Å². The van der Waals surface area contributed by atoms with Crippen LogP contribution in [0.15, 0.2) is 48.5 Å². The normalized spacial score (nSPS) is 12.9. The first-order chi connectivity index (χ1) is 13.6. The summed E-state index contributed by atoms with van der Waals surface area (Å²) in [6.07, 6.45) is 2.05. The number of hydrogen-bond donors (Lipinski definition) is 0. The summed E-state index contributed by atoms with van der Waals surface area (Å²) in [5.74, 6) is 0.918. The second kappa shape index (κ2) is 9.26. The van der Waals surface area contributed by atoms with Crippen molar-refractivity contribution in [2.45, 2.75) is 32.4 Å². The van der Waals surface area contributed by atoms with E-state index in [-0.39, 0.29) is 24.5 Å². The molecular formula is C22H25NO5. The molecular weight excluding hydrogens is 358 g/mol. The van der Waals surface area contributed by atoms with Crippen molar-refractivity contribution in [3.05, 3.63) is 59.7 Å². The van der Waals surface area contributed by atoms with Gasteiger partial charge < -0.3 is 19.1 Å². The fourth-order valence-corrected chi connectivity index (χ4v) is 2.86. The lowest BCUT2D eigenvalue weighted by Crippen LogP contribution is -2.36. The highest BCUT2D eigenvalue weighted by Gasteiger charge is 2.32. The Bertz CT molecular complexity index is 797. The molecule has 0 bridgehead atoms. The van der Waals surface area contributed by atoms with Crippen LogP contribution in [0.3, 0.4) is 0 Å². The number of hydrogen-bond acceptors (Lipinski definition) is 5. The van der Waals surface area contributed by atoms with E-state index in [1.165, 1.54) is 0 Å². The van der Waals surface area contributed by atoms with Crippen LogP contribution in [-0.4, -0.2) is 43.1 Å². The molecule has 2 aromatic rings. The van der Waals surface area contributed by atoms with Crippen molar-refractivity contribution >= 4 is 11.9 Å². The van der Waals surface area contributed by atoms with Crippen molar-refractivity contribution < 1.29 is 23.8 Å². The zero-order chi connectivity index (χ0) is 19.9. The molecule has 0 saturated heterocycles. The minimum Gasteiger partial charge on any atom is -0.497 e. The molecule has 6 nitrogen and oxygen atoms in total. The summed E-state index contributed by atoms with van der Waals surface area (Å²) in [6, 6.07) is 14.6. The minimum absolute atomic E-state index is 0.0363. The molecule has 0 heterocycles. The van der Waals surface area contributed by atoms with Crippen molar-refractivity contribution in [2.24, 2.45) is 0 Å². The third kappa shape index (κ3) is 5.25. The van der Waals surface area contributed by atoms with Crippen molar-refractivity contribution in [3.8, 4) is 11.5 Å². The second-order valence-electron chi connectivity index (χ2n) is 6.63. The maximum Gasteiger partial charge on any atom is 0.338 e. The third-order valence-electron chi connectivity index (χ3n) is 4.55. The Morgan fingerprint density at radius 2 is 1.64 bits per heavy atom. The molecule has 28 heavy (non-hydrogen) atoms. The molecule has 6 heteroatoms. The number of ether oxygens (including phenoxy) is 3. The standard InChI is InChI=1S/C22H25NO5/c1-3-27-22(25)17-6-12-20(13-7-17)28-15-21(24)23(18-8-9-18)14-16-4-10-19(26-2)11-5-16/h4-7,10-13,18H,3,8-9,14-15H2,1-2H3. The van der Waals surface area contributed by atoms with Gasteiger partial charge in [0, 0.05) is 12.6 Å². The molecule has 148 valence electrons. The Balaban J connectivity index is 1.56. The lowest BCUT2D eigenvalue weighted by molar-refractivity contribution is -0.134. The fourth-order valence-electron chi connectivity index (χ4n) is 2.86. The number of amides is 1. The van der Waals surface area contributed by atoms with Crippen molar-refractivity contribution in [3.63, 3.8) is 0 Å². The first kappa shape index (κ1) is 19.7. The average Bonchev–Trinajstić information content (AvgIpc) is 3.56. The van der Waals surface area contributed by atoms with E-state index in [9.17, 15) is 9.59 Å².